The third-order valence-corrected chi connectivity index (χ3v) is 4.43. The van der Waals surface area contributed by atoms with Crippen LogP contribution in [0.1, 0.15) is 18.9 Å². The molecule has 0 aliphatic carbocycles. The van der Waals surface area contributed by atoms with Gasteiger partial charge in [0, 0.05) is 45.1 Å². The Kier molecular flexibility index (Phi) is 8.37. The molecule has 6 nitrogen and oxygen atoms in total. The first-order valence-electron chi connectivity index (χ1n) is 8.91. The van der Waals surface area contributed by atoms with Crippen LogP contribution in [0.15, 0.2) is 48.0 Å². The van der Waals surface area contributed by atoms with Crippen LogP contribution in [0.4, 0.5) is 0 Å². The number of para-hydroxylation sites is 1. The number of aromatic nitrogens is 2. The van der Waals surface area contributed by atoms with Gasteiger partial charge in [-0.3, -0.25) is 0 Å². The van der Waals surface area contributed by atoms with Crippen LogP contribution in [0.5, 0.6) is 0 Å². The highest BCUT2D eigenvalue weighted by Gasteiger charge is 2.19. The summed E-state index contributed by atoms with van der Waals surface area (Å²) in [5.74, 6) is 1.53. The molecule has 1 aliphatic rings. The maximum Gasteiger partial charge on any atom is 0.193 e. The van der Waals surface area contributed by atoms with Crippen LogP contribution in [-0.2, 0) is 11.3 Å². The summed E-state index contributed by atoms with van der Waals surface area (Å²) in [6.07, 6.45) is 6.70. The summed E-state index contributed by atoms with van der Waals surface area (Å²) >= 11 is 0. The van der Waals surface area contributed by atoms with Crippen LogP contribution in [0, 0.1) is 5.92 Å². The number of aliphatic imine (C=N–C) groups is 1. The largest absolute Gasteiger partial charge is 0.381 e. The standard InChI is InChI=1S/C19H27N5O.HI/c1-3-21-19(23(2)13-16-8-11-25-14-16)22-12-17-6-4-5-7-18(17)24-10-9-20-15-24;/h4-7,9-10,15-16H,3,8,11-14H2,1-2H3,(H,21,22);1H. The van der Waals surface area contributed by atoms with Crippen molar-refractivity contribution in [2.24, 2.45) is 10.9 Å². The normalized spacial score (nSPS) is 17.0. The number of imidazole rings is 1. The lowest BCUT2D eigenvalue weighted by molar-refractivity contribution is 0.181. The van der Waals surface area contributed by atoms with Gasteiger partial charge in [-0.1, -0.05) is 18.2 Å². The third kappa shape index (κ3) is 5.44. The first-order chi connectivity index (χ1) is 12.3. The van der Waals surface area contributed by atoms with E-state index in [0.717, 1.165) is 44.4 Å². The van der Waals surface area contributed by atoms with Gasteiger partial charge in [0.2, 0.25) is 0 Å². The molecule has 3 rings (SSSR count). The number of nitrogens with one attached hydrogen (secondary N) is 1. The van der Waals surface area contributed by atoms with Crippen molar-refractivity contribution in [3.05, 3.63) is 48.5 Å². The highest BCUT2D eigenvalue weighted by molar-refractivity contribution is 14.0. The van der Waals surface area contributed by atoms with Crippen molar-refractivity contribution in [1.29, 1.82) is 0 Å². The first kappa shape index (κ1) is 20.7. The monoisotopic (exact) mass is 469 g/mol. The summed E-state index contributed by atoms with van der Waals surface area (Å²) in [4.78, 5) is 11.2. The van der Waals surface area contributed by atoms with Crippen molar-refractivity contribution in [3.8, 4) is 5.69 Å². The van der Waals surface area contributed by atoms with Gasteiger partial charge in [0.25, 0.3) is 0 Å². The Morgan fingerprint density at radius 1 is 1.42 bits per heavy atom. The summed E-state index contributed by atoms with van der Waals surface area (Å²) in [6.45, 7) is 6.28. The zero-order valence-electron chi connectivity index (χ0n) is 15.5. The molecule has 0 spiro atoms. The molecule has 0 radical (unpaired) electrons. The molecule has 1 fully saturated rings. The van der Waals surface area contributed by atoms with Crippen molar-refractivity contribution in [3.63, 3.8) is 0 Å². The second-order valence-electron chi connectivity index (χ2n) is 6.38. The SMILES string of the molecule is CCNC(=NCc1ccccc1-n1ccnc1)N(C)CC1CCOC1.I. The van der Waals surface area contributed by atoms with E-state index in [0.29, 0.717) is 12.5 Å². The van der Waals surface area contributed by atoms with Gasteiger partial charge in [0.05, 0.1) is 25.2 Å². The number of hydrogen-bond acceptors (Lipinski definition) is 3. The fourth-order valence-electron chi connectivity index (χ4n) is 3.13. The molecule has 1 aromatic carbocycles. The van der Waals surface area contributed by atoms with E-state index in [2.05, 4.69) is 47.4 Å². The van der Waals surface area contributed by atoms with Gasteiger partial charge in [0.15, 0.2) is 5.96 Å². The van der Waals surface area contributed by atoms with Gasteiger partial charge in [-0.15, -0.1) is 24.0 Å². The quantitative estimate of drug-likeness (QED) is 0.402. The van der Waals surface area contributed by atoms with E-state index in [1.54, 1.807) is 6.20 Å². The zero-order valence-corrected chi connectivity index (χ0v) is 17.8. The molecule has 1 atom stereocenters. The fraction of sp³-hybridized carbons (Fsp3) is 0.474. The van der Waals surface area contributed by atoms with Gasteiger partial charge in [-0.2, -0.15) is 0 Å². The topological polar surface area (TPSA) is 54.7 Å². The molecule has 2 aromatic rings. The Morgan fingerprint density at radius 2 is 2.27 bits per heavy atom. The van der Waals surface area contributed by atoms with Crippen LogP contribution in [0.2, 0.25) is 0 Å². The lowest BCUT2D eigenvalue weighted by atomic mass is 10.1. The van der Waals surface area contributed by atoms with E-state index in [-0.39, 0.29) is 24.0 Å². The lowest BCUT2D eigenvalue weighted by Gasteiger charge is -2.24. The van der Waals surface area contributed by atoms with Gasteiger partial charge in [-0.25, -0.2) is 9.98 Å². The number of guanidine groups is 1. The molecule has 2 heterocycles. The number of nitrogens with zero attached hydrogens (tertiary/aromatic N) is 4. The van der Waals surface area contributed by atoms with E-state index in [4.69, 9.17) is 9.73 Å². The molecular formula is C19H28IN5O. The minimum atomic E-state index is 0. The van der Waals surface area contributed by atoms with Crippen molar-refractivity contribution in [1.82, 2.24) is 19.8 Å². The molecule has 26 heavy (non-hydrogen) atoms. The fourth-order valence-corrected chi connectivity index (χ4v) is 3.13. The maximum atomic E-state index is 5.49. The number of benzene rings is 1. The second-order valence-corrected chi connectivity index (χ2v) is 6.38. The molecule has 0 saturated carbocycles. The highest BCUT2D eigenvalue weighted by atomic mass is 127. The van der Waals surface area contributed by atoms with Crippen LogP contribution in [-0.4, -0.2) is 53.8 Å². The average molecular weight is 469 g/mol. The van der Waals surface area contributed by atoms with Crippen LogP contribution < -0.4 is 5.32 Å². The summed E-state index contributed by atoms with van der Waals surface area (Å²) in [5.41, 5.74) is 2.29. The molecule has 0 amide bonds. The Bertz CT molecular complexity index is 683. The van der Waals surface area contributed by atoms with E-state index in [9.17, 15) is 0 Å². The van der Waals surface area contributed by atoms with Crippen molar-refractivity contribution in [2.75, 3.05) is 33.4 Å². The van der Waals surface area contributed by atoms with Gasteiger partial charge >= 0.3 is 0 Å². The minimum absolute atomic E-state index is 0. The summed E-state index contributed by atoms with van der Waals surface area (Å²) in [7, 11) is 2.10. The van der Waals surface area contributed by atoms with Crippen molar-refractivity contribution in [2.45, 2.75) is 19.9 Å². The summed E-state index contributed by atoms with van der Waals surface area (Å²) in [5, 5.41) is 3.40. The molecule has 1 saturated heterocycles. The number of hydrogen-bond donors (Lipinski definition) is 1. The smallest absolute Gasteiger partial charge is 0.193 e. The molecular weight excluding hydrogens is 441 g/mol. The van der Waals surface area contributed by atoms with Crippen molar-refractivity contribution >= 4 is 29.9 Å². The van der Waals surface area contributed by atoms with Crippen LogP contribution in [0.25, 0.3) is 5.69 Å². The second kappa shape index (κ2) is 10.5. The molecule has 7 heteroatoms. The van der Waals surface area contributed by atoms with E-state index >= 15 is 0 Å². The molecule has 1 aliphatic heterocycles. The van der Waals surface area contributed by atoms with Gasteiger partial charge in [0.1, 0.15) is 0 Å². The number of rotatable bonds is 6. The molecule has 1 unspecified atom stereocenters. The number of halogens is 1. The molecule has 0 bridgehead atoms. The maximum absolute atomic E-state index is 5.49. The Hall–Kier alpha value is -1.61. The lowest BCUT2D eigenvalue weighted by Crippen LogP contribution is -2.41. The van der Waals surface area contributed by atoms with Crippen LogP contribution >= 0.6 is 24.0 Å². The van der Waals surface area contributed by atoms with E-state index in [1.807, 2.05) is 23.2 Å². The Morgan fingerprint density at radius 3 is 2.96 bits per heavy atom. The van der Waals surface area contributed by atoms with E-state index in [1.165, 1.54) is 5.56 Å². The van der Waals surface area contributed by atoms with E-state index < -0.39 is 0 Å². The Balaban J connectivity index is 0.00000243. The minimum Gasteiger partial charge on any atom is -0.381 e. The van der Waals surface area contributed by atoms with Crippen molar-refractivity contribution < 1.29 is 4.74 Å². The predicted molar refractivity (Wildman–Crippen MR) is 115 cm³/mol. The molecule has 1 aromatic heterocycles. The molecule has 142 valence electrons. The third-order valence-electron chi connectivity index (χ3n) is 4.43. The summed E-state index contributed by atoms with van der Waals surface area (Å²) < 4.78 is 7.51. The average Bonchev–Trinajstić information content (AvgIpc) is 3.32. The highest BCUT2D eigenvalue weighted by Crippen LogP contribution is 2.16. The predicted octanol–water partition coefficient (Wildman–Crippen LogP) is 2.92. The number of ether oxygens (including phenoxy) is 1. The van der Waals surface area contributed by atoms with Gasteiger partial charge < -0.3 is 19.5 Å². The Labute approximate surface area is 172 Å². The summed E-state index contributed by atoms with van der Waals surface area (Å²) in [6, 6.07) is 8.31. The van der Waals surface area contributed by atoms with Gasteiger partial charge in [-0.05, 0) is 25.0 Å². The van der Waals surface area contributed by atoms with Crippen LogP contribution in [0.3, 0.4) is 0 Å². The zero-order chi connectivity index (χ0) is 17.5. The molecule has 1 N–H and O–H groups in total. The first-order valence-corrected chi connectivity index (χ1v) is 8.91.